The molecule has 1 unspecified atom stereocenters. The maximum absolute atomic E-state index is 13.2. The molecule has 0 aromatic heterocycles. The van der Waals surface area contributed by atoms with Gasteiger partial charge in [-0.25, -0.2) is 4.79 Å². The van der Waals surface area contributed by atoms with E-state index < -0.39 is 35.8 Å². The summed E-state index contributed by atoms with van der Waals surface area (Å²) in [4.78, 5) is 77.2. The Balaban J connectivity index is 1.18. The van der Waals surface area contributed by atoms with Crippen LogP contribution in [0.3, 0.4) is 0 Å². The number of anilines is 1. The largest absolute Gasteiger partial charge is 0.480 e. The molecular weight excluding hydrogens is 608 g/mol. The quantitative estimate of drug-likeness (QED) is 0.158. The van der Waals surface area contributed by atoms with E-state index in [-0.39, 0.29) is 48.7 Å². The number of hydrogen-bond acceptors (Lipinski definition) is 9. The fraction of sp³-hybridized carbons (Fsp3) is 0.333. The second kappa shape index (κ2) is 15.4. The van der Waals surface area contributed by atoms with Crippen molar-refractivity contribution in [2.75, 3.05) is 36.5 Å². The topological polar surface area (TPSA) is 162 Å². The number of aliphatic carboxylic acids is 1. The van der Waals surface area contributed by atoms with Crippen molar-refractivity contribution in [3.8, 4) is 0 Å². The first kappa shape index (κ1) is 32.6. The molecule has 2 aromatic carbocycles. The van der Waals surface area contributed by atoms with E-state index >= 15 is 0 Å². The van der Waals surface area contributed by atoms with Crippen molar-refractivity contribution >= 4 is 63.0 Å². The van der Waals surface area contributed by atoms with Crippen LogP contribution in [0.4, 0.5) is 10.5 Å². The summed E-state index contributed by atoms with van der Waals surface area (Å²) in [7, 11) is 2.79. The van der Waals surface area contributed by atoms with Crippen molar-refractivity contribution < 1.29 is 38.6 Å². The molecule has 1 atom stereocenters. The molecule has 2 heterocycles. The first-order chi connectivity index (χ1) is 21.2. The van der Waals surface area contributed by atoms with Gasteiger partial charge in [0.15, 0.2) is 0 Å². The van der Waals surface area contributed by atoms with Gasteiger partial charge in [0.25, 0.3) is 11.8 Å². The minimum Gasteiger partial charge on any atom is -0.480 e. The molecule has 0 saturated carbocycles. The number of benzene rings is 2. The Kier molecular flexibility index (Phi) is 11.4. The van der Waals surface area contributed by atoms with Crippen LogP contribution in [0.2, 0.25) is 0 Å². The number of hydrogen-bond donors (Lipinski definition) is 3. The van der Waals surface area contributed by atoms with Crippen molar-refractivity contribution in [3.05, 3.63) is 77.5 Å². The van der Waals surface area contributed by atoms with E-state index in [0.29, 0.717) is 36.6 Å². The van der Waals surface area contributed by atoms with Crippen LogP contribution in [0.15, 0.2) is 60.8 Å². The lowest BCUT2D eigenvalue weighted by Gasteiger charge is -2.29. The van der Waals surface area contributed by atoms with Crippen LogP contribution >= 0.6 is 21.6 Å². The molecule has 44 heavy (non-hydrogen) atoms. The zero-order chi connectivity index (χ0) is 31.6. The van der Waals surface area contributed by atoms with Gasteiger partial charge in [-0.2, -0.15) is 0 Å². The Labute approximate surface area is 261 Å². The van der Waals surface area contributed by atoms with Gasteiger partial charge in [-0.15, -0.1) is 0 Å². The van der Waals surface area contributed by atoms with Gasteiger partial charge in [0, 0.05) is 30.2 Å². The maximum atomic E-state index is 13.2. The molecule has 2 aliphatic heterocycles. The second-order valence-corrected chi connectivity index (χ2v) is 12.7. The van der Waals surface area contributed by atoms with Crippen LogP contribution in [0.5, 0.6) is 0 Å². The normalized spacial score (nSPS) is 15.9. The third-order valence-electron chi connectivity index (χ3n) is 6.89. The first-order valence-corrected chi connectivity index (χ1v) is 16.4. The average molecular weight is 641 g/mol. The summed E-state index contributed by atoms with van der Waals surface area (Å²) in [5.41, 5.74) is 1.74. The van der Waals surface area contributed by atoms with E-state index in [1.807, 2.05) is 30.3 Å². The highest BCUT2D eigenvalue weighted by Crippen LogP contribution is 2.33. The van der Waals surface area contributed by atoms with Crippen LogP contribution in [-0.2, 0) is 25.5 Å². The van der Waals surface area contributed by atoms with Gasteiger partial charge in [-0.05, 0) is 37.0 Å². The molecule has 4 rings (SSSR count). The van der Waals surface area contributed by atoms with E-state index in [9.17, 15) is 33.9 Å². The molecule has 0 aliphatic carbocycles. The van der Waals surface area contributed by atoms with Gasteiger partial charge >= 0.3 is 12.1 Å². The summed E-state index contributed by atoms with van der Waals surface area (Å²) in [5.74, 6) is -2.21. The number of carboxylic acids is 1. The summed E-state index contributed by atoms with van der Waals surface area (Å²) >= 11 is 0. The number of rotatable bonds is 14. The first-order valence-electron chi connectivity index (χ1n) is 13.9. The van der Waals surface area contributed by atoms with Gasteiger partial charge in [-0.3, -0.25) is 34.2 Å². The molecule has 0 radical (unpaired) electrons. The van der Waals surface area contributed by atoms with E-state index in [1.54, 1.807) is 0 Å². The predicted octanol–water partition coefficient (Wildman–Crippen LogP) is 3.55. The molecule has 2 aromatic rings. The number of nitrogens with zero attached hydrogens (tertiary/aromatic N) is 2. The number of carboxylic acid groups (broad SMARTS) is 1. The van der Waals surface area contributed by atoms with E-state index in [0.717, 1.165) is 10.5 Å². The minimum absolute atomic E-state index is 0.00181. The predicted molar refractivity (Wildman–Crippen MR) is 166 cm³/mol. The Bertz CT molecular complexity index is 1450. The minimum atomic E-state index is -1.07. The molecule has 232 valence electrons. The standard InChI is InChI=1S/C30H32N4O8S2/c1-19-10-11-23(27(38)31-19)34-28(39)21-8-5-9-22(26(21)29(34)40)32-30(41)42-15-17-44-43-16-13-24(35)33(18-25(36)37)14-12-20-6-3-2-4-7-20/h2-9,23H,1,10-18H2,(H,31,38)(H,32,41)(H,36,37). The number of ether oxygens (including phenoxy) is 1. The lowest BCUT2D eigenvalue weighted by atomic mass is 10.0. The van der Waals surface area contributed by atoms with Gasteiger partial charge in [0.2, 0.25) is 11.8 Å². The molecule has 1 saturated heterocycles. The fourth-order valence-corrected chi connectivity index (χ4v) is 6.59. The number of nitrogens with one attached hydrogen (secondary N) is 2. The number of carbonyl (C=O) groups is 6. The Morgan fingerprint density at radius 2 is 1.80 bits per heavy atom. The van der Waals surface area contributed by atoms with Crippen molar-refractivity contribution in [2.45, 2.75) is 31.7 Å². The van der Waals surface area contributed by atoms with Crippen molar-refractivity contribution in [3.63, 3.8) is 0 Å². The number of imide groups is 1. The number of piperidine rings is 1. The summed E-state index contributed by atoms with van der Waals surface area (Å²) in [6.45, 7) is 3.71. The van der Waals surface area contributed by atoms with Gasteiger partial charge in [0.05, 0.1) is 16.8 Å². The van der Waals surface area contributed by atoms with Gasteiger partial charge < -0.3 is 20.1 Å². The molecule has 1 fully saturated rings. The van der Waals surface area contributed by atoms with Gasteiger partial charge in [0.1, 0.15) is 19.2 Å². The molecule has 3 N–H and O–H groups in total. The Morgan fingerprint density at radius 3 is 2.52 bits per heavy atom. The number of amides is 5. The van der Waals surface area contributed by atoms with E-state index in [4.69, 9.17) is 4.74 Å². The highest BCUT2D eigenvalue weighted by molar-refractivity contribution is 8.76. The molecule has 0 bridgehead atoms. The lowest BCUT2D eigenvalue weighted by Crippen LogP contribution is -2.51. The maximum Gasteiger partial charge on any atom is 0.411 e. The summed E-state index contributed by atoms with van der Waals surface area (Å²) in [6.07, 6.45) is 0.614. The van der Waals surface area contributed by atoms with E-state index in [1.165, 1.54) is 44.7 Å². The molecule has 14 heteroatoms. The van der Waals surface area contributed by atoms with E-state index in [2.05, 4.69) is 17.2 Å². The zero-order valence-electron chi connectivity index (χ0n) is 23.8. The van der Waals surface area contributed by atoms with Crippen molar-refractivity contribution in [1.82, 2.24) is 15.1 Å². The monoisotopic (exact) mass is 640 g/mol. The zero-order valence-corrected chi connectivity index (χ0v) is 25.4. The fourth-order valence-electron chi connectivity index (χ4n) is 4.78. The summed E-state index contributed by atoms with van der Waals surface area (Å²) in [5, 5.41) is 14.3. The van der Waals surface area contributed by atoms with Crippen LogP contribution in [0.1, 0.15) is 45.5 Å². The van der Waals surface area contributed by atoms with Crippen LogP contribution in [0.25, 0.3) is 0 Å². The SMILES string of the molecule is C=C1CCC(N2C(=O)c3cccc(NC(=O)OCCSSCCC(=O)N(CCc4ccccc4)CC(=O)O)c3C2=O)C(=O)N1. The molecule has 2 aliphatic rings. The smallest absolute Gasteiger partial charge is 0.411 e. The summed E-state index contributed by atoms with van der Waals surface area (Å²) < 4.78 is 5.22. The molecular formula is C30H32N4O8S2. The van der Waals surface area contributed by atoms with Crippen molar-refractivity contribution in [1.29, 1.82) is 0 Å². The number of fused-ring (bicyclic) bond motifs is 1. The Morgan fingerprint density at radius 1 is 1.05 bits per heavy atom. The summed E-state index contributed by atoms with van der Waals surface area (Å²) in [6, 6.07) is 13.0. The number of carbonyl (C=O) groups excluding carboxylic acids is 5. The van der Waals surface area contributed by atoms with Gasteiger partial charge in [-0.1, -0.05) is 64.6 Å². The molecule has 0 spiro atoms. The third kappa shape index (κ3) is 8.41. The highest BCUT2D eigenvalue weighted by Gasteiger charge is 2.45. The molecule has 12 nitrogen and oxygen atoms in total. The third-order valence-corrected chi connectivity index (χ3v) is 9.26. The second-order valence-electron chi connectivity index (χ2n) is 9.96. The van der Waals surface area contributed by atoms with Crippen LogP contribution < -0.4 is 10.6 Å². The van der Waals surface area contributed by atoms with Crippen molar-refractivity contribution in [2.24, 2.45) is 0 Å². The molecule has 5 amide bonds. The van der Waals surface area contributed by atoms with Crippen LogP contribution in [-0.4, -0.2) is 87.8 Å². The highest BCUT2D eigenvalue weighted by atomic mass is 33.1. The Hall–Kier alpha value is -4.30. The van der Waals surface area contributed by atoms with Crippen LogP contribution in [0, 0.1) is 0 Å². The lowest BCUT2D eigenvalue weighted by molar-refractivity contribution is -0.144. The number of allylic oxidation sites excluding steroid dienone is 1. The average Bonchev–Trinajstić information content (AvgIpc) is 3.25.